The summed E-state index contributed by atoms with van der Waals surface area (Å²) in [6.45, 7) is 0.318. The quantitative estimate of drug-likeness (QED) is 0.589. The summed E-state index contributed by atoms with van der Waals surface area (Å²) in [5, 5.41) is 8.95. The number of benzene rings is 1. The van der Waals surface area contributed by atoms with Crippen LogP contribution in [0.2, 0.25) is 0 Å². The van der Waals surface area contributed by atoms with Crippen molar-refractivity contribution in [2.45, 2.75) is 6.54 Å². The Balaban J connectivity index is 1.73. The Morgan fingerprint density at radius 2 is 2.00 bits per heavy atom. The van der Waals surface area contributed by atoms with Crippen LogP contribution in [-0.2, 0) is 6.54 Å². The first-order valence-electron chi connectivity index (χ1n) is 7.85. The number of aromatic nitrogens is 4. The van der Waals surface area contributed by atoms with Crippen LogP contribution in [0.1, 0.15) is 16.1 Å². The molecule has 0 unspecified atom stereocenters. The van der Waals surface area contributed by atoms with Crippen molar-refractivity contribution in [2.24, 2.45) is 0 Å². The minimum absolute atomic E-state index is 0.273. The first-order chi connectivity index (χ1) is 12.7. The van der Waals surface area contributed by atoms with E-state index < -0.39 is 5.82 Å². The predicted molar refractivity (Wildman–Crippen MR) is 96.1 cm³/mol. The lowest BCUT2D eigenvalue weighted by atomic mass is 10.2. The molecule has 4 aromatic rings. The number of amides is 1. The lowest BCUT2D eigenvalue weighted by Gasteiger charge is -2.11. The third-order valence-corrected chi connectivity index (χ3v) is 4.47. The molecule has 0 bridgehead atoms. The van der Waals surface area contributed by atoms with Gasteiger partial charge in [0.15, 0.2) is 5.82 Å². The van der Waals surface area contributed by atoms with E-state index in [0.717, 1.165) is 5.69 Å². The van der Waals surface area contributed by atoms with E-state index in [0.29, 0.717) is 17.9 Å². The number of para-hydroxylation sites is 1. The zero-order valence-electron chi connectivity index (χ0n) is 13.5. The molecule has 1 N–H and O–H groups in total. The number of hydrogen-bond acceptors (Lipinski definition) is 4. The summed E-state index contributed by atoms with van der Waals surface area (Å²) in [6, 6.07) is 9.97. The maximum absolute atomic E-state index is 14.3. The molecule has 3 heterocycles. The van der Waals surface area contributed by atoms with E-state index in [1.807, 2.05) is 17.5 Å². The fraction of sp³-hybridized carbons (Fsp3) is 0.0556. The number of nitrogens with zero attached hydrogens (tertiary/aromatic N) is 4. The van der Waals surface area contributed by atoms with E-state index in [4.69, 9.17) is 0 Å². The van der Waals surface area contributed by atoms with Crippen LogP contribution in [0.15, 0.2) is 65.9 Å². The van der Waals surface area contributed by atoms with Gasteiger partial charge in [-0.3, -0.25) is 4.79 Å². The second kappa shape index (κ2) is 6.93. The Hall–Kier alpha value is -3.26. The maximum atomic E-state index is 14.3. The maximum Gasteiger partial charge on any atom is 0.257 e. The molecular weight excluding hydrogens is 353 g/mol. The first-order valence-corrected chi connectivity index (χ1v) is 8.80. The van der Waals surface area contributed by atoms with Crippen molar-refractivity contribution in [3.63, 3.8) is 0 Å². The van der Waals surface area contributed by atoms with E-state index in [1.165, 1.54) is 28.3 Å². The van der Waals surface area contributed by atoms with Gasteiger partial charge in [0.05, 0.1) is 23.9 Å². The summed E-state index contributed by atoms with van der Waals surface area (Å²) < 4.78 is 17.4. The number of carbonyl (C=O) groups is 1. The molecule has 0 aliphatic heterocycles. The van der Waals surface area contributed by atoms with Crippen LogP contribution in [0.3, 0.4) is 0 Å². The summed E-state index contributed by atoms with van der Waals surface area (Å²) in [4.78, 5) is 16.8. The molecule has 6 nitrogen and oxygen atoms in total. The van der Waals surface area contributed by atoms with Crippen LogP contribution in [0.4, 0.5) is 4.39 Å². The van der Waals surface area contributed by atoms with Crippen molar-refractivity contribution in [1.29, 1.82) is 0 Å². The molecular formula is C18H14FN5OS. The smallest absolute Gasteiger partial charge is 0.257 e. The average molecular weight is 367 g/mol. The first kappa shape index (κ1) is 16.2. The molecule has 1 amide bonds. The standard InChI is InChI=1S/C18H14FN5OS/c19-15-5-1-2-6-16(15)24-18(23-7-3-4-8-23)14(10-22-24)17(25)20-9-13-11-26-12-21-13/h1-8,10-12H,9H2,(H,20,25). The Bertz CT molecular complexity index is 1020. The van der Waals surface area contributed by atoms with E-state index in [2.05, 4.69) is 15.4 Å². The largest absolute Gasteiger partial charge is 0.346 e. The molecule has 1 aromatic carbocycles. The molecule has 0 saturated heterocycles. The summed E-state index contributed by atoms with van der Waals surface area (Å²) in [5.41, 5.74) is 3.12. The Morgan fingerprint density at radius 3 is 2.73 bits per heavy atom. The van der Waals surface area contributed by atoms with Gasteiger partial charge in [-0.05, 0) is 24.3 Å². The number of thiazole rings is 1. The van der Waals surface area contributed by atoms with Gasteiger partial charge in [0, 0.05) is 17.8 Å². The number of hydrogen-bond donors (Lipinski definition) is 1. The molecule has 8 heteroatoms. The Morgan fingerprint density at radius 1 is 1.19 bits per heavy atom. The third-order valence-electron chi connectivity index (χ3n) is 3.83. The van der Waals surface area contributed by atoms with Crippen LogP contribution < -0.4 is 5.32 Å². The van der Waals surface area contributed by atoms with Crippen LogP contribution in [0.5, 0.6) is 0 Å². The highest BCUT2D eigenvalue weighted by molar-refractivity contribution is 7.07. The zero-order valence-corrected chi connectivity index (χ0v) is 14.4. The minimum atomic E-state index is -0.418. The van der Waals surface area contributed by atoms with Crippen molar-refractivity contribution < 1.29 is 9.18 Å². The monoisotopic (exact) mass is 367 g/mol. The SMILES string of the molecule is O=C(NCc1cscn1)c1cnn(-c2ccccc2F)c1-n1cccc1. The van der Waals surface area contributed by atoms with Crippen LogP contribution >= 0.6 is 11.3 Å². The zero-order chi connectivity index (χ0) is 17.9. The molecule has 0 spiro atoms. The summed E-state index contributed by atoms with van der Waals surface area (Å²) in [5.74, 6) is -0.251. The van der Waals surface area contributed by atoms with Gasteiger partial charge in [0.2, 0.25) is 0 Å². The number of rotatable bonds is 5. The highest BCUT2D eigenvalue weighted by atomic mass is 32.1. The van der Waals surface area contributed by atoms with E-state index in [-0.39, 0.29) is 11.6 Å². The van der Waals surface area contributed by atoms with E-state index in [9.17, 15) is 9.18 Å². The molecule has 0 fully saturated rings. The molecule has 0 radical (unpaired) electrons. The molecule has 130 valence electrons. The van der Waals surface area contributed by atoms with Crippen molar-refractivity contribution in [3.8, 4) is 11.5 Å². The fourth-order valence-electron chi connectivity index (χ4n) is 2.62. The molecule has 26 heavy (non-hydrogen) atoms. The number of nitrogens with one attached hydrogen (secondary N) is 1. The van der Waals surface area contributed by atoms with Gasteiger partial charge in [-0.15, -0.1) is 11.3 Å². The van der Waals surface area contributed by atoms with Crippen molar-refractivity contribution in [3.05, 3.63) is 83.0 Å². The van der Waals surface area contributed by atoms with Crippen LogP contribution in [0.25, 0.3) is 11.5 Å². The van der Waals surface area contributed by atoms with Gasteiger partial charge in [0.25, 0.3) is 5.91 Å². The van der Waals surface area contributed by atoms with E-state index >= 15 is 0 Å². The van der Waals surface area contributed by atoms with Gasteiger partial charge in [-0.2, -0.15) is 5.10 Å². The summed E-state index contributed by atoms with van der Waals surface area (Å²) >= 11 is 1.47. The Labute approximate surface area is 152 Å². The summed E-state index contributed by atoms with van der Waals surface area (Å²) in [6.07, 6.45) is 5.01. The number of halogens is 1. The molecule has 3 aromatic heterocycles. The predicted octanol–water partition coefficient (Wildman–Crippen LogP) is 3.19. The van der Waals surface area contributed by atoms with Crippen molar-refractivity contribution in [1.82, 2.24) is 24.6 Å². The second-order valence-corrected chi connectivity index (χ2v) is 6.22. The van der Waals surface area contributed by atoms with Gasteiger partial charge >= 0.3 is 0 Å². The molecule has 0 saturated carbocycles. The topological polar surface area (TPSA) is 64.7 Å². The second-order valence-electron chi connectivity index (χ2n) is 5.50. The lowest BCUT2D eigenvalue weighted by molar-refractivity contribution is 0.0950. The highest BCUT2D eigenvalue weighted by Crippen LogP contribution is 2.21. The molecule has 0 aliphatic carbocycles. The molecule has 0 aliphatic rings. The van der Waals surface area contributed by atoms with Crippen molar-refractivity contribution in [2.75, 3.05) is 0 Å². The van der Waals surface area contributed by atoms with Crippen LogP contribution in [0, 0.1) is 5.82 Å². The normalized spacial score (nSPS) is 10.8. The molecule has 4 rings (SSSR count). The third kappa shape index (κ3) is 3.02. The summed E-state index contributed by atoms with van der Waals surface area (Å²) in [7, 11) is 0. The minimum Gasteiger partial charge on any atom is -0.346 e. The van der Waals surface area contributed by atoms with Gasteiger partial charge in [-0.25, -0.2) is 14.1 Å². The fourth-order valence-corrected chi connectivity index (χ4v) is 3.18. The number of carbonyl (C=O) groups excluding carboxylic acids is 1. The van der Waals surface area contributed by atoms with Crippen molar-refractivity contribution >= 4 is 17.2 Å². The van der Waals surface area contributed by atoms with Gasteiger partial charge in [-0.1, -0.05) is 12.1 Å². The van der Waals surface area contributed by atoms with Crippen LogP contribution in [-0.4, -0.2) is 25.2 Å². The molecule has 0 atom stereocenters. The lowest BCUT2D eigenvalue weighted by Crippen LogP contribution is -2.24. The Kier molecular flexibility index (Phi) is 4.32. The highest BCUT2D eigenvalue weighted by Gasteiger charge is 2.21. The van der Waals surface area contributed by atoms with Gasteiger partial charge < -0.3 is 9.88 Å². The van der Waals surface area contributed by atoms with E-state index in [1.54, 1.807) is 40.7 Å². The average Bonchev–Trinajstić information content (AvgIpc) is 3.40. The van der Waals surface area contributed by atoms with Gasteiger partial charge in [0.1, 0.15) is 17.1 Å².